The van der Waals surface area contributed by atoms with E-state index in [1.165, 1.54) is 83.4 Å². The van der Waals surface area contributed by atoms with Crippen LogP contribution in [0.4, 0.5) is 17.1 Å². The average Bonchev–Trinajstić information content (AvgIpc) is 3.60. The summed E-state index contributed by atoms with van der Waals surface area (Å²) in [5, 5.41) is 2.57. The van der Waals surface area contributed by atoms with E-state index in [0.717, 1.165) is 5.69 Å². The monoisotopic (exact) mass is 642 g/mol. The van der Waals surface area contributed by atoms with Gasteiger partial charge in [0.15, 0.2) is 0 Å². The van der Waals surface area contributed by atoms with Crippen molar-refractivity contribution in [2.24, 2.45) is 0 Å². The van der Waals surface area contributed by atoms with Gasteiger partial charge in [-0.1, -0.05) is 137 Å². The second kappa shape index (κ2) is 10.3. The standard InChI is InChI=1S/C48H38N2/c1-47(2)40-18-10-8-16-36(40)37-27-26-34(29-42(37)47)49(33-24-22-32(23-25-33)31-14-6-5-7-15-31)35-28-39-38-17-9-12-20-44(38)50-45-21-13-11-19-41(45)48(3,4)43(30-35)46(39)50/h5-30H,1-4H3. The van der Waals surface area contributed by atoms with Crippen molar-refractivity contribution in [2.75, 3.05) is 4.90 Å². The molecule has 0 atom stereocenters. The molecule has 0 N–H and O–H groups in total. The van der Waals surface area contributed by atoms with Crippen LogP contribution in [-0.2, 0) is 10.8 Å². The van der Waals surface area contributed by atoms with Crippen LogP contribution in [-0.4, -0.2) is 4.57 Å². The molecule has 240 valence electrons. The van der Waals surface area contributed by atoms with Crippen LogP contribution in [0.1, 0.15) is 49.9 Å². The lowest BCUT2D eigenvalue weighted by Crippen LogP contribution is -2.26. The predicted molar refractivity (Wildman–Crippen MR) is 211 cm³/mol. The fourth-order valence-corrected chi connectivity index (χ4v) is 8.99. The van der Waals surface area contributed by atoms with E-state index in [9.17, 15) is 0 Å². The Morgan fingerprint density at radius 2 is 1.02 bits per heavy atom. The number of hydrogen-bond donors (Lipinski definition) is 0. The SMILES string of the molecule is CC1(C)c2ccccc2-c2ccc(N(c3ccc(-c4ccccc4)cc3)c3cc4c5c(c3)c3ccccc3n5-c3ccccc3C4(C)C)cc21. The topological polar surface area (TPSA) is 8.17 Å². The molecule has 2 nitrogen and oxygen atoms in total. The molecule has 0 saturated heterocycles. The average molecular weight is 643 g/mol. The highest BCUT2D eigenvalue weighted by Gasteiger charge is 2.38. The summed E-state index contributed by atoms with van der Waals surface area (Å²) >= 11 is 0. The molecule has 10 rings (SSSR count). The summed E-state index contributed by atoms with van der Waals surface area (Å²) in [5.41, 5.74) is 17.6. The van der Waals surface area contributed by atoms with Gasteiger partial charge in [-0.15, -0.1) is 0 Å². The number of nitrogens with zero attached hydrogens (tertiary/aromatic N) is 2. The summed E-state index contributed by atoms with van der Waals surface area (Å²) in [7, 11) is 0. The summed E-state index contributed by atoms with van der Waals surface area (Å²) in [6.45, 7) is 9.51. The van der Waals surface area contributed by atoms with Crippen molar-refractivity contribution < 1.29 is 0 Å². The van der Waals surface area contributed by atoms with Gasteiger partial charge in [-0.3, -0.25) is 0 Å². The van der Waals surface area contributed by atoms with Gasteiger partial charge in [-0.05, 0) is 93.0 Å². The Morgan fingerprint density at radius 3 is 1.84 bits per heavy atom. The van der Waals surface area contributed by atoms with Gasteiger partial charge >= 0.3 is 0 Å². The first-order chi connectivity index (χ1) is 24.3. The molecule has 50 heavy (non-hydrogen) atoms. The van der Waals surface area contributed by atoms with Gasteiger partial charge in [-0.2, -0.15) is 0 Å². The number of fused-ring (bicyclic) bond motifs is 8. The van der Waals surface area contributed by atoms with Gasteiger partial charge in [0.05, 0.1) is 16.7 Å². The van der Waals surface area contributed by atoms with Crippen molar-refractivity contribution in [1.82, 2.24) is 4.57 Å². The Kier molecular flexibility index (Phi) is 6.01. The maximum absolute atomic E-state index is 2.50. The molecule has 1 aromatic heterocycles. The first-order valence-electron chi connectivity index (χ1n) is 17.7. The van der Waals surface area contributed by atoms with E-state index in [4.69, 9.17) is 0 Å². The van der Waals surface area contributed by atoms with Gasteiger partial charge in [0.1, 0.15) is 0 Å². The van der Waals surface area contributed by atoms with Crippen molar-refractivity contribution in [2.45, 2.75) is 38.5 Å². The third kappa shape index (κ3) is 3.96. The molecule has 0 bridgehead atoms. The second-order valence-electron chi connectivity index (χ2n) is 15.0. The van der Waals surface area contributed by atoms with Gasteiger partial charge in [0, 0.05) is 38.7 Å². The van der Waals surface area contributed by atoms with Crippen LogP contribution < -0.4 is 4.90 Å². The minimum atomic E-state index is -0.195. The van der Waals surface area contributed by atoms with E-state index in [1.807, 2.05) is 0 Å². The molecule has 2 aliphatic rings. The fourth-order valence-electron chi connectivity index (χ4n) is 8.99. The highest BCUT2D eigenvalue weighted by atomic mass is 15.1. The normalized spacial score (nSPS) is 14.7. The van der Waals surface area contributed by atoms with E-state index in [2.05, 4.69) is 195 Å². The zero-order valence-corrected chi connectivity index (χ0v) is 28.9. The van der Waals surface area contributed by atoms with Gasteiger partial charge < -0.3 is 9.47 Å². The molecular weight excluding hydrogens is 605 g/mol. The van der Waals surface area contributed by atoms with Crippen LogP contribution in [0, 0.1) is 0 Å². The third-order valence-electron chi connectivity index (χ3n) is 11.6. The summed E-state index contributed by atoms with van der Waals surface area (Å²) in [6.07, 6.45) is 0. The van der Waals surface area contributed by atoms with Crippen molar-refractivity contribution in [3.63, 3.8) is 0 Å². The first kappa shape index (κ1) is 29.1. The molecule has 0 spiro atoms. The molecule has 1 aliphatic heterocycles. The zero-order valence-electron chi connectivity index (χ0n) is 28.9. The Bertz CT molecular complexity index is 2640. The van der Waals surface area contributed by atoms with Crippen LogP contribution in [0.2, 0.25) is 0 Å². The number of rotatable bonds is 4. The number of para-hydroxylation sites is 2. The van der Waals surface area contributed by atoms with E-state index in [1.54, 1.807) is 0 Å². The van der Waals surface area contributed by atoms with Gasteiger partial charge in [-0.25, -0.2) is 0 Å². The lowest BCUT2D eigenvalue weighted by molar-refractivity contribution is 0.630. The maximum atomic E-state index is 2.50. The van der Waals surface area contributed by atoms with Crippen molar-refractivity contribution in [3.05, 3.63) is 180 Å². The van der Waals surface area contributed by atoms with E-state index in [0.29, 0.717) is 0 Å². The molecule has 8 aromatic rings. The molecule has 0 fully saturated rings. The lowest BCUT2D eigenvalue weighted by atomic mass is 9.74. The summed E-state index contributed by atoms with van der Waals surface area (Å²) in [6, 6.07) is 58.5. The van der Waals surface area contributed by atoms with Crippen molar-refractivity contribution in [1.29, 1.82) is 0 Å². The number of anilines is 3. The Hall–Kier alpha value is -5.86. The van der Waals surface area contributed by atoms with Crippen LogP contribution in [0.15, 0.2) is 158 Å². The van der Waals surface area contributed by atoms with Crippen LogP contribution in [0.25, 0.3) is 49.7 Å². The van der Waals surface area contributed by atoms with Gasteiger partial charge in [0.2, 0.25) is 0 Å². The Morgan fingerprint density at radius 1 is 0.420 bits per heavy atom. The van der Waals surface area contributed by atoms with Gasteiger partial charge in [0.25, 0.3) is 0 Å². The molecule has 1 aliphatic carbocycles. The van der Waals surface area contributed by atoms with E-state index >= 15 is 0 Å². The fraction of sp³-hybridized carbons (Fsp3) is 0.125. The smallest absolute Gasteiger partial charge is 0.0583 e. The molecule has 7 aromatic carbocycles. The molecule has 0 saturated carbocycles. The van der Waals surface area contributed by atoms with Crippen LogP contribution in [0.3, 0.4) is 0 Å². The molecule has 0 unspecified atom stereocenters. The number of aromatic nitrogens is 1. The highest BCUT2D eigenvalue weighted by Crippen LogP contribution is 2.53. The summed E-state index contributed by atoms with van der Waals surface area (Å²) in [4.78, 5) is 2.48. The van der Waals surface area contributed by atoms with E-state index < -0.39 is 0 Å². The highest BCUT2D eigenvalue weighted by molar-refractivity contribution is 6.13. The quantitative estimate of drug-likeness (QED) is 0.185. The van der Waals surface area contributed by atoms with Crippen molar-refractivity contribution in [3.8, 4) is 27.9 Å². The van der Waals surface area contributed by atoms with Crippen LogP contribution in [0.5, 0.6) is 0 Å². The minimum Gasteiger partial charge on any atom is -0.310 e. The number of benzene rings is 7. The molecule has 0 radical (unpaired) electrons. The molecule has 0 amide bonds. The summed E-state index contributed by atoms with van der Waals surface area (Å²) in [5.74, 6) is 0. The molecule has 2 heterocycles. The largest absolute Gasteiger partial charge is 0.310 e. The van der Waals surface area contributed by atoms with E-state index in [-0.39, 0.29) is 10.8 Å². The Balaban J connectivity index is 1.24. The Labute approximate surface area is 293 Å². The predicted octanol–water partition coefficient (Wildman–Crippen LogP) is 12.9. The summed E-state index contributed by atoms with van der Waals surface area (Å²) < 4.78 is 2.50. The maximum Gasteiger partial charge on any atom is 0.0583 e. The van der Waals surface area contributed by atoms with Crippen molar-refractivity contribution >= 4 is 38.9 Å². The minimum absolute atomic E-state index is 0.0974. The second-order valence-corrected chi connectivity index (χ2v) is 15.0. The lowest BCUT2D eigenvalue weighted by Gasteiger charge is -2.36. The van der Waals surface area contributed by atoms with Crippen LogP contribution >= 0.6 is 0 Å². The molecule has 2 heteroatoms. The zero-order chi connectivity index (χ0) is 33.8. The first-order valence-corrected chi connectivity index (χ1v) is 17.7. The third-order valence-corrected chi connectivity index (χ3v) is 11.6. The number of hydrogen-bond acceptors (Lipinski definition) is 1. The molecular formula is C48H38N2.